The van der Waals surface area contributed by atoms with Gasteiger partial charge in [0.05, 0.1) is 0 Å². The Hall–Kier alpha value is -0.890. The van der Waals surface area contributed by atoms with Gasteiger partial charge in [-0.25, -0.2) is 4.39 Å². The standard InChI is InChI=1S/C11H16FN/c1-8(9(2)13)7-10-5-3-4-6-11(10)12/h3-6,8-9H,7,13H2,1-2H3. The first-order valence-electron chi connectivity index (χ1n) is 4.60. The normalized spacial score (nSPS) is 15.4. The lowest BCUT2D eigenvalue weighted by Crippen LogP contribution is -2.25. The fourth-order valence-electron chi connectivity index (χ4n) is 1.20. The van der Waals surface area contributed by atoms with Gasteiger partial charge in [0, 0.05) is 6.04 Å². The van der Waals surface area contributed by atoms with Crippen molar-refractivity contribution in [1.29, 1.82) is 0 Å². The van der Waals surface area contributed by atoms with Gasteiger partial charge in [-0.15, -0.1) is 0 Å². The molecule has 0 spiro atoms. The summed E-state index contributed by atoms with van der Waals surface area (Å²) in [5.74, 6) is 0.187. The summed E-state index contributed by atoms with van der Waals surface area (Å²) in [6, 6.07) is 6.97. The topological polar surface area (TPSA) is 26.0 Å². The van der Waals surface area contributed by atoms with E-state index in [1.807, 2.05) is 26.0 Å². The molecule has 2 atom stereocenters. The third kappa shape index (κ3) is 2.81. The van der Waals surface area contributed by atoms with Gasteiger partial charge in [0.1, 0.15) is 5.82 Å². The number of halogens is 1. The van der Waals surface area contributed by atoms with Crippen molar-refractivity contribution in [3.8, 4) is 0 Å². The summed E-state index contributed by atoms with van der Waals surface area (Å²) in [5, 5.41) is 0. The van der Waals surface area contributed by atoms with Crippen LogP contribution in [0, 0.1) is 11.7 Å². The Bertz CT molecular complexity index is 271. The lowest BCUT2D eigenvalue weighted by Gasteiger charge is -2.15. The maximum absolute atomic E-state index is 13.2. The number of hydrogen-bond donors (Lipinski definition) is 1. The fourth-order valence-corrected chi connectivity index (χ4v) is 1.20. The van der Waals surface area contributed by atoms with E-state index in [-0.39, 0.29) is 11.9 Å². The Balaban J connectivity index is 2.69. The van der Waals surface area contributed by atoms with Crippen LogP contribution in [0.25, 0.3) is 0 Å². The van der Waals surface area contributed by atoms with Crippen LogP contribution in [0.2, 0.25) is 0 Å². The van der Waals surface area contributed by atoms with Gasteiger partial charge in [-0.2, -0.15) is 0 Å². The summed E-state index contributed by atoms with van der Waals surface area (Å²) in [6.07, 6.45) is 0.713. The van der Waals surface area contributed by atoms with Crippen LogP contribution in [-0.4, -0.2) is 6.04 Å². The van der Waals surface area contributed by atoms with E-state index in [2.05, 4.69) is 0 Å². The summed E-state index contributed by atoms with van der Waals surface area (Å²) in [7, 11) is 0. The van der Waals surface area contributed by atoms with Gasteiger partial charge in [-0.05, 0) is 30.9 Å². The van der Waals surface area contributed by atoms with Crippen LogP contribution < -0.4 is 5.73 Å². The van der Waals surface area contributed by atoms with Crippen LogP contribution in [0.5, 0.6) is 0 Å². The molecule has 0 saturated carbocycles. The molecule has 0 bridgehead atoms. The van der Waals surface area contributed by atoms with Crippen molar-refractivity contribution in [3.63, 3.8) is 0 Å². The Morgan fingerprint density at radius 3 is 2.46 bits per heavy atom. The average molecular weight is 181 g/mol. The van der Waals surface area contributed by atoms with Gasteiger partial charge < -0.3 is 5.73 Å². The van der Waals surface area contributed by atoms with Crippen LogP contribution in [0.15, 0.2) is 24.3 Å². The number of nitrogens with two attached hydrogens (primary N) is 1. The molecule has 2 heteroatoms. The highest BCUT2D eigenvalue weighted by atomic mass is 19.1. The van der Waals surface area contributed by atoms with Crippen LogP contribution in [0.1, 0.15) is 19.4 Å². The molecule has 0 amide bonds. The van der Waals surface area contributed by atoms with Gasteiger partial charge in [0.25, 0.3) is 0 Å². The van der Waals surface area contributed by atoms with E-state index in [0.717, 1.165) is 5.56 Å². The molecule has 1 aromatic carbocycles. The van der Waals surface area contributed by atoms with Gasteiger partial charge in [-0.3, -0.25) is 0 Å². The maximum Gasteiger partial charge on any atom is 0.126 e. The second kappa shape index (κ2) is 4.38. The number of hydrogen-bond acceptors (Lipinski definition) is 1. The lowest BCUT2D eigenvalue weighted by atomic mass is 9.95. The molecule has 0 radical (unpaired) electrons. The first kappa shape index (κ1) is 10.2. The minimum Gasteiger partial charge on any atom is -0.328 e. The molecule has 0 heterocycles. The number of rotatable bonds is 3. The highest BCUT2D eigenvalue weighted by Crippen LogP contribution is 2.13. The minimum absolute atomic E-state index is 0.111. The summed E-state index contributed by atoms with van der Waals surface area (Å²) in [4.78, 5) is 0. The second-order valence-electron chi connectivity index (χ2n) is 3.63. The first-order chi connectivity index (χ1) is 6.11. The third-order valence-electron chi connectivity index (χ3n) is 2.40. The molecule has 1 rings (SSSR count). The molecule has 0 saturated heterocycles. The zero-order valence-corrected chi connectivity index (χ0v) is 8.13. The summed E-state index contributed by atoms with van der Waals surface area (Å²) >= 11 is 0. The van der Waals surface area contributed by atoms with E-state index in [1.165, 1.54) is 6.07 Å². The molecule has 2 N–H and O–H groups in total. The van der Waals surface area contributed by atoms with E-state index in [1.54, 1.807) is 6.07 Å². The molecule has 0 aliphatic rings. The summed E-state index contributed by atoms with van der Waals surface area (Å²) < 4.78 is 13.2. The molecule has 0 fully saturated rings. The smallest absolute Gasteiger partial charge is 0.126 e. The van der Waals surface area contributed by atoms with Crippen LogP contribution >= 0.6 is 0 Å². The van der Waals surface area contributed by atoms with Crippen molar-refractivity contribution in [3.05, 3.63) is 35.6 Å². The van der Waals surface area contributed by atoms with Crippen molar-refractivity contribution in [1.82, 2.24) is 0 Å². The third-order valence-corrected chi connectivity index (χ3v) is 2.40. The number of benzene rings is 1. The first-order valence-corrected chi connectivity index (χ1v) is 4.60. The molecule has 0 aliphatic carbocycles. The highest BCUT2D eigenvalue weighted by Gasteiger charge is 2.10. The molecular formula is C11H16FN. The molecule has 0 aromatic heterocycles. The van der Waals surface area contributed by atoms with Crippen molar-refractivity contribution >= 4 is 0 Å². The van der Waals surface area contributed by atoms with Gasteiger partial charge in [-0.1, -0.05) is 25.1 Å². The Labute approximate surface area is 78.8 Å². The Morgan fingerprint density at radius 1 is 1.31 bits per heavy atom. The monoisotopic (exact) mass is 181 g/mol. The zero-order chi connectivity index (χ0) is 9.84. The summed E-state index contributed by atoms with van der Waals surface area (Å²) in [6.45, 7) is 3.99. The molecule has 2 unspecified atom stereocenters. The van der Waals surface area contributed by atoms with Crippen molar-refractivity contribution in [2.45, 2.75) is 26.3 Å². The van der Waals surface area contributed by atoms with E-state index < -0.39 is 0 Å². The van der Waals surface area contributed by atoms with E-state index in [9.17, 15) is 4.39 Å². The van der Waals surface area contributed by atoms with Crippen LogP contribution in [-0.2, 0) is 6.42 Å². The van der Waals surface area contributed by atoms with Gasteiger partial charge >= 0.3 is 0 Å². The van der Waals surface area contributed by atoms with Crippen LogP contribution in [0.4, 0.5) is 4.39 Å². The van der Waals surface area contributed by atoms with E-state index in [0.29, 0.717) is 12.3 Å². The minimum atomic E-state index is -0.130. The van der Waals surface area contributed by atoms with Crippen molar-refractivity contribution in [2.75, 3.05) is 0 Å². The Kier molecular flexibility index (Phi) is 3.43. The quantitative estimate of drug-likeness (QED) is 0.761. The molecule has 72 valence electrons. The molecule has 1 aromatic rings. The average Bonchev–Trinajstić information content (AvgIpc) is 2.08. The maximum atomic E-state index is 13.2. The SMILES string of the molecule is CC(N)C(C)Cc1ccccc1F. The van der Waals surface area contributed by atoms with E-state index in [4.69, 9.17) is 5.73 Å². The van der Waals surface area contributed by atoms with Crippen molar-refractivity contribution in [2.24, 2.45) is 11.7 Å². The van der Waals surface area contributed by atoms with Crippen molar-refractivity contribution < 1.29 is 4.39 Å². The molecular weight excluding hydrogens is 165 g/mol. The predicted molar refractivity (Wildman–Crippen MR) is 52.9 cm³/mol. The predicted octanol–water partition coefficient (Wildman–Crippen LogP) is 2.35. The Morgan fingerprint density at radius 2 is 1.92 bits per heavy atom. The van der Waals surface area contributed by atoms with E-state index >= 15 is 0 Å². The van der Waals surface area contributed by atoms with Gasteiger partial charge in [0.2, 0.25) is 0 Å². The lowest BCUT2D eigenvalue weighted by molar-refractivity contribution is 0.470. The zero-order valence-electron chi connectivity index (χ0n) is 8.13. The fraction of sp³-hybridized carbons (Fsp3) is 0.455. The molecule has 13 heavy (non-hydrogen) atoms. The summed E-state index contributed by atoms with van der Waals surface area (Å²) in [5.41, 5.74) is 6.47. The van der Waals surface area contributed by atoms with Gasteiger partial charge in [0.15, 0.2) is 0 Å². The molecule has 0 aliphatic heterocycles. The highest BCUT2D eigenvalue weighted by molar-refractivity contribution is 5.17. The molecule has 1 nitrogen and oxygen atoms in total. The largest absolute Gasteiger partial charge is 0.328 e. The second-order valence-corrected chi connectivity index (χ2v) is 3.63. The van der Waals surface area contributed by atoms with Crippen LogP contribution in [0.3, 0.4) is 0 Å².